The molecule has 0 bridgehead atoms. The summed E-state index contributed by atoms with van der Waals surface area (Å²) in [7, 11) is 0. The first kappa shape index (κ1) is 78.3. The van der Waals surface area contributed by atoms with Crippen LogP contribution in [-0.2, 0) is 23.7 Å². The van der Waals surface area contributed by atoms with Gasteiger partial charge >= 0.3 is 0 Å². The van der Waals surface area contributed by atoms with Gasteiger partial charge in [-0.25, -0.2) is 0 Å². The minimum atomic E-state index is -1.79. The van der Waals surface area contributed by atoms with Crippen LogP contribution in [0.5, 0.6) is 0 Å². The zero-order valence-electron chi connectivity index (χ0n) is 53.3. The van der Waals surface area contributed by atoms with E-state index in [9.17, 15) is 45.6 Å². The minimum Gasteiger partial charge on any atom is -0.394 e. The van der Waals surface area contributed by atoms with Gasteiger partial charge in [-0.15, -0.1) is 0 Å². The zero-order chi connectivity index (χ0) is 61.6. The van der Waals surface area contributed by atoms with E-state index < -0.39 is 86.8 Å². The molecule has 0 aromatic carbocycles. The second-order valence-electron chi connectivity index (χ2n) is 23.9. The molecular formula is C71H125NO13. The second-order valence-corrected chi connectivity index (χ2v) is 23.9. The number of aliphatic hydroxyl groups excluding tert-OH is 8. The summed E-state index contributed by atoms with van der Waals surface area (Å²) < 4.78 is 22.8. The molecule has 2 aliphatic rings. The maximum atomic E-state index is 13.3. The van der Waals surface area contributed by atoms with E-state index in [-0.39, 0.29) is 18.9 Å². The van der Waals surface area contributed by atoms with Crippen LogP contribution in [0.25, 0.3) is 0 Å². The highest BCUT2D eigenvalue weighted by atomic mass is 16.7. The van der Waals surface area contributed by atoms with Gasteiger partial charge in [0.15, 0.2) is 12.6 Å². The lowest BCUT2D eigenvalue weighted by Crippen LogP contribution is -2.65. The second kappa shape index (κ2) is 55.3. The van der Waals surface area contributed by atoms with Gasteiger partial charge in [-0.05, 0) is 70.6 Å². The molecule has 2 heterocycles. The zero-order valence-corrected chi connectivity index (χ0v) is 53.3. The van der Waals surface area contributed by atoms with Crippen molar-refractivity contribution in [2.24, 2.45) is 0 Å². The van der Waals surface area contributed by atoms with Crippen molar-refractivity contribution in [3.05, 3.63) is 85.1 Å². The van der Waals surface area contributed by atoms with Crippen molar-refractivity contribution in [2.45, 2.75) is 338 Å². The van der Waals surface area contributed by atoms with Crippen LogP contribution in [0.2, 0.25) is 0 Å². The Morgan fingerprint density at radius 1 is 0.435 bits per heavy atom. The van der Waals surface area contributed by atoms with Crippen LogP contribution < -0.4 is 5.32 Å². The molecular weight excluding hydrogens is 1070 g/mol. The van der Waals surface area contributed by atoms with Crippen molar-refractivity contribution in [1.29, 1.82) is 0 Å². The van der Waals surface area contributed by atoms with Gasteiger partial charge < -0.3 is 65.1 Å². The molecule has 2 rings (SSSR count). The average Bonchev–Trinajstić information content (AvgIpc) is 3.68. The van der Waals surface area contributed by atoms with Crippen LogP contribution in [-0.4, -0.2) is 140 Å². The molecule has 0 aromatic heterocycles. The highest BCUT2D eigenvalue weighted by Crippen LogP contribution is 2.30. The maximum absolute atomic E-state index is 13.3. The van der Waals surface area contributed by atoms with Crippen LogP contribution in [0.1, 0.15) is 264 Å². The van der Waals surface area contributed by atoms with Gasteiger partial charge in [0.25, 0.3) is 0 Å². The molecule has 14 heteroatoms. The molecule has 12 atom stereocenters. The summed E-state index contributed by atoms with van der Waals surface area (Å²) in [4.78, 5) is 13.3. The fraction of sp³-hybridized carbons (Fsp3) is 0.789. The lowest BCUT2D eigenvalue weighted by molar-refractivity contribution is -0.359. The van der Waals surface area contributed by atoms with E-state index >= 15 is 0 Å². The molecule has 85 heavy (non-hydrogen) atoms. The van der Waals surface area contributed by atoms with E-state index in [1.54, 1.807) is 6.08 Å². The smallest absolute Gasteiger partial charge is 0.220 e. The minimum absolute atomic E-state index is 0.242. The first-order chi connectivity index (χ1) is 41.6. The van der Waals surface area contributed by atoms with Crippen LogP contribution >= 0.6 is 0 Å². The van der Waals surface area contributed by atoms with E-state index in [0.29, 0.717) is 6.42 Å². The summed E-state index contributed by atoms with van der Waals surface area (Å²) in [6.45, 7) is 2.70. The first-order valence-corrected chi connectivity index (χ1v) is 34.3. The van der Waals surface area contributed by atoms with Crippen molar-refractivity contribution in [3.8, 4) is 0 Å². The standard InChI is InChI=1S/C71H125NO13/c1-3-5-7-9-11-13-15-17-19-21-23-25-26-27-28-29-30-31-32-33-34-35-37-39-41-43-45-47-49-51-53-55-63(76)72-59(60(75)54-52-50-48-46-44-42-40-38-36-24-22-20-18-16-14-12-10-8-6-4-2)58-82-70-68(81)66(79)69(62(57-74)84-70)85-71-67(80)65(78)64(77)61(56-73)83-71/h5,7,11,13,17,19,23,25,27-28,30-31,52,54,59-62,64-71,73-75,77-81H,3-4,6,8-10,12,14-16,18,20-22,24,26,29,32-51,53,55-58H2,1-2H3,(H,72,76)/b7-5-,13-11-,19-17-,25-23-,28-27-,31-30-,54-52+. The summed E-state index contributed by atoms with van der Waals surface area (Å²) >= 11 is 0. The number of nitrogens with one attached hydrogen (secondary N) is 1. The number of aliphatic hydroxyl groups is 8. The van der Waals surface area contributed by atoms with E-state index in [1.807, 2.05) is 6.08 Å². The van der Waals surface area contributed by atoms with Gasteiger partial charge in [0, 0.05) is 6.42 Å². The van der Waals surface area contributed by atoms with Crippen LogP contribution in [0.3, 0.4) is 0 Å². The van der Waals surface area contributed by atoms with Gasteiger partial charge in [0.05, 0.1) is 32.0 Å². The average molecular weight is 1200 g/mol. The fourth-order valence-corrected chi connectivity index (χ4v) is 10.9. The number of carbonyl (C=O) groups is 1. The lowest BCUT2D eigenvalue weighted by atomic mass is 9.97. The summed E-state index contributed by atoms with van der Waals surface area (Å²) in [5, 5.41) is 87.4. The Morgan fingerprint density at radius 3 is 1.25 bits per heavy atom. The molecule has 0 aliphatic carbocycles. The molecule has 2 saturated heterocycles. The number of hydrogen-bond donors (Lipinski definition) is 9. The van der Waals surface area contributed by atoms with Gasteiger partial charge in [-0.2, -0.15) is 0 Å². The number of rotatable bonds is 55. The fourth-order valence-electron chi connectivity index (χ4n) is 10.9. The largest absolute Gasteiger partial charge is 0.394 e. The summed E-state index contributed by atoms with van der Waals surface area (Å²) in [6.07, 6.45) is 59.1. The number of ether oxygens (including phenoxy) is 4. The van der Waals surface area contributed by atoms with Crippen molar-refractivity contribution in [3.63, 3.8) is 0 Å². The Kier molecular flexibility index (Phi) is 50.9. The molecule has 9 N–H and O–H groups in total. The molecule has 0 radical (unpaired) electrons. The molecule has 0 saturated carbocycles. The van der Waals surface area contributed by atoms with Gasteiger partial charge in [0.1, 0.15) is 48.8 Å². The number of hydrogen-bond acceptors (Lipinski definition) is 13. The van der Waals surface area contributed by atoms with Gasteiger partial charge in [0.2, 0.25) is 5.91 Å². The molecule has 492 valence electrons. The molecule has 0 spiro atoms. The Hall–Kier alpha value is -2.83. The molecule has 1 amide bonds. The predicted octanol–water partition coefficient (Wildman–Crippen LogP) is 13.6. The summed E-state index contributed by atoms with van der Waals surface area (Å²) in [5.74, 6) is -0.242. The van der Waals surface area contributed by atoms with E-state index in [2.05, 4.69) is 92.1 Å². The number of carbonyl (C=O) groups excluding carboxylic acids is 1. The predicted molar refractivity (Wildman–Crippen MR) is 346 cm³/mol. The highest BCUT2D eigenvalue weighted by molar-refractivity contribution is 5.76. The van der Waals surface area contributed by atoms with E-state index in [1.165, 1.54) is 154 Å². The van der Waals surface area contributed by atoms with Crippen molar-refractivity contribution in [1.82, 2.24) is 5.32 Å². The van der Waals surface area contributed by atoms with Gasteiger partial charge in [-0.1, -0.05) is 272 Å². The van der Waals surface area contributed by atoms with Crippen LogP contribution in [0.15, 0.2) is 85.1 Å². The third-order valence-corrected chi connectivity index (χ3v) is 16.3. The van der Waals surface area contributed by atoms with Crippen molar-refractivity contribution in [2.75, 3.05) is 19.8 Å². The summed E-state index contributed by atoms with van der Waals surface area (Å²) in [6, 6.07) is -0.921. The Morgan fingerprint density at radius 2 is 0.812 bits per heavy atom. The molecule has 14 nitrogen and oxygen atoms in total. The van der Waals surface area contributed by atoms with Crippen molar-refractivity contribution >= 4 is 5.91 Å². The molecule has 2 aliphatic heterocycles. The normalized spacial score (nSPS) is 24.1. The third kappa shape index (κ3) is 39.7. The van der Waals surface area contributed by atoms with E-state index in [4.69, 9.17) is 18.9 Å². The topological polar surface area (TPSA) is 228 Å². The number of allylic oxidation sites excluding steroid dienone is 13. The Labute approximate surface area is 516 Å². The summed E-state index contributed by atoms with van der Waals surface area (Å²) in [5.41, 5.74) is 0. The number of unbranched alkanes of at least 4 members (excludes halogenated alkanes) is 30. The van der Waals surface area contributed by atoms with Gasteiger partial charge in [-0.3, -0.25) is 4.79 Å². The first-order valence-electron chi connectivity index (χ1n) is 34.3. The quantitative estimate of drug-likeness (QED) is 0.0204. The lowest BCUT2D eigenvalue weighted by Gasteiger charge is -2.46. The van der Waals surface area contributed by atoms with E-state index in [0.717, 1.165) is 83.5 Å². The number of amides is 1. The molecule has 2 fully saturated rings. The SMILES string of the molecule is CC/C=C\C/C=C\C/C=C\C/C=C\C/C=C\C/C=C\CCCCCCCCCCCCCCC(=O)NC(COC1OC(CO)C(OC2OC(CO)C(O)C(O)C2O)C(O)C1O)C(O)/C=C/CCCCCCCCCCCCCCCCCCCC. The molecule has 0 aromatic rings. The Balaban J connectivity index is 1.68. The van der Waals surface area contributed by atoms with Crippen LogP contribution in [0.4, 0.5) is 0 Å². The maximum Gasteiger partial charge on any atom is 0.220 e. The third-order valence-electron chi connectivity index (χ3n) is 16.3. The van der Waals surface area contributed by atoms with Crippen molar-refractivity contribution < 1.29 is 64.6 Å². The highest BCUT2D eigenvalue weighted by Gasteiger charge is 2.51. The Bertz CT molecular complexity index is 1750. The van der Waals surface area contributed by atoms with Crippen LogP contribution in [0, 0.1) is 0 Å². The molecule has 12 unspecified atom stereocenters. The monoisotopic (exact) mass is 1200 g/mol.